The fourth-order valence-electron chi connectivity index (χ4n) is 3.00. The maximum atomic E-state index is 12.1. The van der Waals surface area contributed by atoms with Crippen molar-refractivity contribution in [2.75, 3.05) is 29.6 Å². The normalized spacial score (nSPS) is 20.8. The van der Waals surface area contributed by atoms with Crippen LogP contribution in [-0.4, -0.2) is 50.8 Å². The second-order valence-corrected chi connectivity index (χ2v) is 8.53. The summed E-state index contributed by atoms with van der Waals surface area (Å²) in [5.41, 5.74) is 5.00. The van der Waals surface area contributed by atoms with Gasteiger partial charge in [0.1, 0.15) is 12.3 Å². The number of fused-ring (bicyclic) bond motifs is 1. The lowest BCUT2D eigenvalue weighted by atomic mass is 10.1. The van der Waals surface area contributed by atoms with Gasteiger partial charge >= 0.3 is 0 Å². The Kier molecular flexibility index (Phi) is 5.12. The van der Waals surface area contributed by atoms with Crippen LogP contribution in [0.4, 0.5) is 5.69 Å². The Morgan fingerprint density at radius 1 is 1.19 bits per heavy atom. The zero-order valence-electron chi connectivity index (χ0n) is 13.9. The summed E-state index contributed by atoms with van der Waals surface area (Å²) in [6, 6.07) is 6.85. The molecule has 0 unspecified atom stereocenters. The summed E-state index contributed by atoms with van der Waals surface area (Å²) >= 11 is 0. The molecule has 0 aliphatic carbocycles. The maximum absolute atomic E-state index is 12.1. The average molecular weight is 381 g/mol. The van der Waals surface area contributed by atoms with Crippen LogP contribution in [0.3, 0.4) is 0 Å². The second kappa shape index (κ2) is 7.32. The van der Waals surface area contributed by atoms with Crippen LogP contribution in [0.1, 0.15) is 12.8 Å². The monoisotopic (exact) mass is 381 g/mol. The molecule has 0 radical (unpaired) electrons. The van der Waals surface area contributed by atoms with Crippen molar-refractivity contribution in [3.05, 3.63) is 24.3 Å². The Bertz CT molecular complexity index is 838. The molecule has 0 spiro atoms. The van der Waals surface area contributed by atoms with Crippen LogP contribution in [0, 0.1) is 5.92 Å². The van der Waals surface area contributed by atoms with E-state index in [0.29, 0.717) is 17.9 Å². The number of ether oxygens (including phenoxy) is 1. The fourth-order valence-corrected chi connectivity index (χ4v) is 4.86. The second-order valence-electron chi connectivity index (χ2n) is 6.31. The van der Waals surface area contributed by atoms with Gasteiger partial charge in [-0.05, 0) is 24.5 Å². The fraction of sp³-hybridized carbons (Fsp3) is 0.438. The first-order valence-electron chi connectivity index (χ1n) is 8.14. The highest BCUT2D eigenvalue weighted by atomic mass is 32.2. The van der Waals surface area contributed by atoms with Crippen molar-refractivity contribution in [2.45, 2.75) is 12.8 Å². The molecule has 2 aliphatic heterocycles. The number of carbonyl (C=O) groups excluding carboxylic acids is 3. The lowest BCUT2D eigenvalue weighted by Crippen LogP contribution is -2.50. The minimum atomic E-state index is -3.05. The number of nitrogens with one attached hydrogen (secondary N) is 2. The molecule has 26 heavy (non-hydrogen) atoms. The number of sulfone groups is 1. The van der Waals surface area contributed by atoms with Crippen LogP contribution in [0.25, 0.3) is 0 Å². The standard InChI is InChI=1S/C16H19N3O6S/c20-14(7-11-5-6-26(23,24)10-11)17-18-15(21)8-19-12-3-1-2-4-13(12)25-9-16(19)22/h1-4,11H,5-10H2,(H,17,20)(H,18,21)/t11-/m1/s1. The molecule has 140 valence electrons. The summed E-state index contributed by atoms with van der Waals surface area (Å²) < 4.78 is 28.1. The number of para-hydroxylation sites is 2. The Hall–Kier alpha value is -2.62. The summed E-state index contributed by atoms with van der Waals surface area (Å²) in [6.07, 6.45) is 0.474. The Morgan fingerprint density at radius 3 is 2.65 bits per heavy atom. The van der Waals surface area contributed by atoms with Crippen molar-refractivity contribution in [1.82, 2.24) is 10.9 Å². The van der Waals surface area contributed by atoms with Crippen LogP contribution in [0.5, 0.6) is 5.75 Å². The molecule has 2 N–H and O–H groups in total. The summed E-state index contributed by atoms with van der Waals surface area (Å²) in [5.74, 6) is -1.03. The topological polar surface area (TPSA) is 122 Å². The molecule has 10 heteroatoms. The van der Waals surface area contributed by atoms with E-state index in [2.05, 4.69) is 10.9 Å². The molecule has 2 aliphatic rings. The van der Waals surface area contributed by atoms with Gasteiger partial charge < -0.3 is 4.74 Å². The SMILES string of the molecule is O=C(C[C@H]1CCS(=O)(=O)C1)NNC(=O)CN1C(=O)COc2ccccc21. The van der Waals surface area contributed by atoms with Crippen LogP contribution >= 0.6 is 0 Å². The highest BCUT2D eigenvalue weighted by Crippen LogP contribution is 2.31. The third-order valence-electron chi connectivity index (χ3n) is 4.25. The van der Waals surface area contributed by atoms with Crippen molar-refractivity contribution < 1.29 is 27.5 Å². The third kappa shape index (κ3) is 4.31. The van der Waals surface area contributed by atoms with E-state index in [-0.39, 0.29) is 42.9 Å². The first kappa shape index (κ1) is 18.2. The minimum absolute atomic E-state index is 0.00652. The van der Waals surface area contributed by atoms with Gasteiger partial charge in [0.25, 0.3) is 11.8 Å². The average Bonchev–Trinajstić information content (AvgIpc) is 2.94. The predicted octanol–water partition coefficient (Wildman–Crippen LogP) is -0.616. The van der Waals surface area contributed by atoms with Gasteiger partial charge in [0.05, 0.1) is 17.2 Å². The van der Waals surface area contributed by atoms with Gasteiger partial charge in [0.15, 0.2) is 16.4 Å². The quantitative estimate of drug-likeness (QED) is 0.671. The van der Waals surface area contributed by atoms with Gasteiger partial charge in [-0.25, -0.2) is 8.42 Å². The van der Waals surface area contributed by atoms with Gasteiger partial charge in [-0.2, -0.15) is 0 Å². The minimum Gasteiger partial charge on any atom is -0.482 e. The van der Waals surface area contributed by atoms with Gasteiger partial charge in [-0.3, -0.25) is 30.1 Å². The zero-order valence-corrected chi connectivity index (χ0v) is 14.8. The summed E-state index contributed by atoms with van der Waals surface area (Å²) in [5, 5.41) is 0. The summed E-state index contributed by atoms with van der Waals surface area (Å²) in [7, 11) is -3.05. The van der Waals surface area contributed by atoms with E-state index in [4.69, 9.17) is 4.74 Å². The molecule has 1 aromatic carbocycles. The molecule has 0 saturated carbocycles. The molecule has 0 aromatic heterocycles. The lowest BCUT2D eigenvalue weighted by Gasteiger charge is -2.28. The molecule has 1 aromatic rings. The smallest absolute Gasteiger partial charge is 0.265 e. The Morgan fingerprint density at radius 2 is 1.92 bits per heavy atom. The number of rotatable bonds is 4. The molecule has 1 atom stereocenters. The van der Waals surface area contributed by atoms with Crippen LogP contribution in [0.15, 0.2) is 24.3 Å². The first-order valence-corrected chi connectivity index (χ1v) is 9.96. The molecule has 2 heterocycles. The van der Waals surface area contributed by atoms with E-state index in [1.54, 1.807) is 24.3 Å². The third-order valence-corrected chi connectivity index (χ3v) is 6.09. The largest absolute Gasteiger partial charge is 0.482 e. The maximum Gasteiger partial charge on any atom is 0.265 e. The molecular weight excluding hydrogens is 362 g/mol. The van der Waals surface area contributed by atoms with Crippen LogP contribution in [0.2, 0.25) is 0 Å². The number of carbonyl (C=O) groups is 3. The van der Waals surface area contributed by atoms with E-state index < -0.39 is 21.7 Å². The number of hydrazine groups is 1. The van der Waals surface area contributed by atoms with E-state index in [9.17, 15) is 22.8 Å². The van der Waals surface area contributed by atoms with Gasteiger partial charge in [-0.15, -0.1) is 0 Å². The first-order chi connectivity index (χ1) is 12.3. The Labute approximate surface area is 150 Å². The molecule has 3 rings (SSSR count). The van der Waals surface area contributed by atoms with Crippen molar-refractivity contribution in [1.29, 1.82) is 0 Å². The molecule has 1 fully saturated rings. The van der Waals surface area contributed by atoms with Crippen molar-refractivity contribution >= 4 is 33.2 Å². The number of nitrogens with zero attached hydrogens (tertiary/aromatic N) is 1. The van der Waals surface area contributed by atoms with Crippen LogP contribution in [-0.2, 0) is 24.2 Å². The van der Waals surface area contributed by atoms with Crippen molar-refractivity contribution in [3.63, 3.8) is 0 Å². The van der Waals surface area contributed by atoms with Gasteiger partial charge in [0, 0.05) is 6.42 Å². The van der Waals surface area contributed by atoms with Crippen molar-refractivity contribution in [2.24, 2.45) is 5.92 Å². The highest BCUT2D eigenvalue weighted by molar-refractivity contribution is 7.91. The number of hydrogen-bond acceptors (Lipinski definition) is 6. The van der Waals surface area contributed by atoms with E-state index in [1.165, 1.54) is 4.90 Å². The number of anilines is 1. The van der Waals surface area contributed by atoms with Crippen molar-refractivity contribution in [3.8, 4) is 5.75 Å². The van der Waals surface area contributed by atoms with Crippen LogP contribution < -0.4 is 20.5 Å². The lowest BCUT2D eigenvalue weighted by molar-refractivity contribution is -0.129. The molecule has 1 saturated heterocycles. The number of benzene rings is 1. The molecular formula is C16H19N3O6S. The zero-order chi connectivity index (χ0) is 18.7. The van der Waals surface area contributed by atoms with E-state index in [1.807, 2.05) is 0 Å². The summed E-state index contributed by atoms with van der Waals surface area (Å²) in [6.45, 7) is -0.426. The van der Waals surface area contributed by atoms with E-state index in [0.717, 1.165) is 0 Å². The van der Waals surface area contributed by atoms with E-state index >= 15 is 0 Å². The number of hydrogen-bond donors (Lipinski definition) is 2. The molecule has 0 bridgehead atoms. The number of amides is 3. The molecule has 9 nitrogen and oxygen atoms in total. The molecule has 3 amide bonds. The summed E-state index contributed by atoms with van der Waals surface area (Å²) in [4.78, 5) is 37.2. The Balaban J connectivity index is 1.50. The highest BCUT2D eigenvalue weighted by Gasteiger charge is 2.30. The predicted molar refractivity (Wildman–Crippen MR) is 92.0 cm³/mol. The van der Waals surface area contributed by atoms with Gasteiger partial charge in [0.2, 0.25) is 5.91 Å². The van der Waals surface area contributed by atoms with Gasteiger partial charge in [-0.1, -0.05) is 12.1 Å².